The monoisotopic (exact) mass is 205 g/mol. The van der Waals surface area contributed by atoms with Crippen LogP contribution in [0.3, 0.4) is 0 Å². The van der Waals surface area contributed by atoms with Crippen LogP contribution in [0.15, 0.2) is 0 Å². The van der Waals surface area contributed by atoms with Crippen LogP contribution in [0, 0.1) is 0 Å². The molecule has 0 aromatic carbocycles. The minimum atomic E-state index is -0.937. The molecule has 0 aliphatic carbocycles. The number of aliphatic carboxylic acids is 1. The van der Waals surface area contributed by atoms with E-state index in [1.807, 2.05) is 13.2 Å². The lowest BCUT2D eigenvalue weighted by Crippen LogP contribution is -2.34. The van der Waals surface area contributed by atoms with Crippen molar-refractivity contribution in [2.45, 2.75) is 25.8 Å². The molecular formula is C8H15NO3S. The van der Waals surface area contributed by atoms with E-state index in [-0.39, 0.29) is 24.8 Å². The molecule has 0 bridgehead atoms. The molecule has 0 rings (SSSR count). The first-order chi connectivity index (χ1) is 6.06. The van der Waals surface area contributed by atoms with Gasteiger partial charge >= 0.3 is 5.97 Å². The summed E-state index contributed by atoms with van der Waals surface area (Å²) in [6.45, 7) is 1.90. The molecular weight excluding hydrogens is 190 g/mol. The molecule has 0 saturated carbocycles. The zero-order chi connectivity index (χ0) is 10.3. The van der Waals surface area contributed by atoms with Crippen LogP contribution >= 0.6 is 11.8 Å². The Kier molecular flexibility index (Phi) is 6.40. The lowest BCUT2D eigenvalue weighted by atomic mass is 10.3. The van der Waals surface area contributed by atoms with Crippen molar-refractivity contribution in [3.05, 3.63) is 0 Å². The first-order valence-electron chi connectivity index (χ1n) is 4.06. The second-order valence-electron chi connectivity index (χ2n) is 2.82. The van der Waals surface area contributed by atoms with Crippen molar-refractivity contribution in [3.63, 3.8) is 0 Å². The summed E-state index contributed by atoms with van der Waals surface area (Å²) in [5.74, 6) is -0.282. The third-order valence-corrected chi connectivity index (χ3v) is 2.22. The van der Waals surface area contributed by atoms with E-state index in [1.165, 1.54) is 0 Å². The highest BCUT2D eigenvalue weighted by Crippen LogP contribution is 1.97. The zero-order valence-electron chi connectivity index (χ0n) is 7.87. The van der Waals surface area contributed by atoms with Gasteiger partial charge in [-0.25, -0.2) is 0 Å². The maximum atomic E-state index is 11.0. The van der Waals surface area contributed by atoms with E-state index >= 15 is 0 Å². The molecule has 0 saturated heterocycles. The van der Waals surface area contributed by atoms with E-state index in [0.717, 1.165) is 5.75 Å². The van der Waals surface area contributed by atoms with Gasteiger partial charge in [-0.3, -0.25) is 9.59 Å². The number of thioether (sulfide) groups is 1. The number of carbonyl (C=O) groups excluding carboxylic acids is 1. The molecule has 13 heavy (non-hydrogen) atoms. The van der Waals surface area contributed by atoms with Gasteiger partial charge in [0.1, 0.15) is 0 Å². The summed E-state index contributed by atoms with van der Waals surface area (Å²) in [4.78, 5) is 21.2. The predicted molar refractivity (Wildman–Crippen MR) is 52.9 cm³/mol. The fourth-order valence-electron chi connectivity index (χ4n) is 0.859. The highest BCUT2D eigenvalue weighted by molar-refractivity contribution is 7.98. The summed E-state index contributed by atoms with van der Waals surface area (Å²) in [6, 6.07) is 0.108. The number of rotatable bonds is 6. The summed E-state index contributed by atoms with van der Waals surface area (Å²) in [5.41, 5.74) is 0. The fourth-order valence-corrected chi connectivity index (χ4v) is 1.44. The number of carbonyl (C=O) groups is 2. The van der Waals surface area contributed by atoms with Crippen LogP contribution in [0.1, 0.15) is 19.8 Å². The second kappa shape index (κ2) is 6.77. The minimum absolute atomic E-state index is 0.0635. The van der Waals surface area contributed by atoms with E-state index in [2.05, 4.69) is 5.32 Å². The molecule has 0 fully saturated rings. The molecule has 0 aliphatic rings. The normalized spacial score (nSPS) is 12.2. The lowest BCUT2D eigenvalue weighted by Gasteiger charge is -2.11. The Morgan fingerprint density at radius 2 is 2.08 bits per heavy atom. The molecule has 1 unspecified atom stereocenters. The molecule has 5 heteroatoms. The van der Waals surface area contributed by atoms with Crippen molar-refractivity contribution >= 4 is 23.6 Å². The Bertz CT molecular complexity index is 184. The Morgan fingerprint density at radius 1 is 1.46 bits per heavy atom. The number of hydrogen-bond acceptors (Lipinski definition) is 3. The summed E-state index contributed by atoms with van der Waals surface area (Å²) >= 11 is 1.65. The summed E-state index contributed by atoms with van der Waals surface area (Å²) in [5, 5.41) is 11.0. The lowest BCUT2D eigenvalue weighted by molar-refractivity contribution is -0.138. The average Bonchev–Trinajstić information content (AvgIpc) is 2.01. The van der Waals surface area contributed by atoms with Crippen LogP contribution in [-0.2, 0) is 9.59 Å². The standard InChI is InChI=1S/C8H15NO3S/c1-6(5-13-2)9-7(10)3-4-8(11)12/h6H,3-5H2,1-2H3,(H,9,10)(H,11,12). The van der Waals surface area contributed by atoms with E-state index in [0.29, 0.717) is 0 Å². The van der Waals surface area contributed by atoms with Crippen molar-refractivity contribution in [2.75, 3.05) is 12.0 Å². The van der Waals surface area contributed by atoms with E-state index in [1.54, 1.807) is 11.8 Å². The molecule has 0 spiro atoms. The van der Waals surface area contributed by atoms with Crippen molar-refractivity contribution in [3.8, 4) is 0 Å². The van der Waals surface area contributed by atoms with Gasteiger partial charge in [-0.1, -0.05) is 0 Å². The van der Waals surface area contributed by atoms with Crippen molar-refractivity contribution in [1.82, 2.24) is 5.32 Å². The van der Waals surface area contributed by atoms with Gasteiger partial charge < -0.3 is 10.4 Å². The maximum Gasteiger partial charge on any atom is 0.303 e. The zero-order valence-corrected chi connectivity index (χ0v) is 8.69. The van der Waals surface area contributed by atoms with Gasteiger partial charge in [-0.2, -0.15) is 11.8 Å². The second-order valence-corrected chi connectivity index (χ2v) is 3.73. The van der Waals surface area contributed by atoms with Crippen molar-refractivity contribution in [2.24, 2.45) is 0 Å². The van der Waals surface area contributed by atoms with Gasteiger partial charge in [0.05, 0.1) is 6.42 Å². The Balaban J connectivity index is 3.55. The first-order valence-corrected chi connectivity index (χ1v) is 5.45. The van der Waals surface area contributed by atoms with Crippen LogP contribution < -0.4 is 5.32 Å². The topological polar surface area (TPSA) is 66.4 Å². The molecule has 0 aliphatic heterocycles. The molecule has 1 amide bonds. The van der Waals surface area contributed by atoms with E-state index in [9.17, 15) is 9.59 Å². The molecule has 1 atom stereocenters. The SMILES string of the molecule is CSCC(C)NC(=O)CCC(=O)O. The summed E-state index contributed by atoms with van der Waals surface area (Å²) in [7, 11) is 0. The Morgan fingerprint density at radius 3 is 2.54 bits per heavy atom. The number of hydrogen-bond donors (Lipinski definition) is 2. The third kappa shape index (κ3) is 7.64. The van der Waals surface area contributed by atoms with E-state index < -0.39 is 5.97 Å². The maximum absolute atomic E-state index is 11.0. The molecule has 4 nitrogen and oxygen atoms in total. The van der Waals surface area contributed by atoms with Crippen LogP contribution in [0.4, 0.5) is 0 Å². The van der Waals surface area contributed by atoms with Gasteiger partial charge in [0.2, 0.25) is 5.91 Å². The minimum Gasteiger partial charge on any atom is -0.481 e. The van der Waals surface area contributed by atoms with Crippen molar-refractivity contribution < 1.29 is 14.7 Å². The van der Waals surface area contributed by atoms with Gasteiger partial charge in [-0.15, -0.1) is 0 Å². The van der Waals surface area contributed by atoms with Gasteiger partial charge in [-0.05, 0) is 13.2 Å². The number of nitrogens with one attached hydrogen (secondary N) is 1. The number of carboxylic acid groups (broad SMARTS) is 1. The molecule has 0 aromatic heterocycles. The predicted octanol–water partition coefficient (Wildman–Crippen LogP) is 0.719. The van der Waals surface area contributed by atoms with Gasteiger partial charge in [0.15, 0.2) is 0 Å². The smallest absolute Gasteiger partial charge is 0.303 e. The van der Waals surface area contributed by atoms with E-state index in [4.69, 9.17) is 5.11 Å². The third-order valence-electron chi connectivity index (χ3n) is 1.39. The number of amides is 1. The molecule has 0 aromatic rings. The largest absolute Gasteiger partial charge is 0.481 e. The Hall–Kier alpha value is -0.710. The first kappa shape index (κ1) is 12.3. The van der Waals surface area contributed by atoms with Crippen LogP contribution in [0.5, 0.6) is 0 Å². The molecule has 2 N–H and O–H groups in total. The van der Waals surface area contributed by atoms with Crippen LogP contribution in [0.25, 0.3) is 0 Å². The van der Waals surface area contributed by atoms with Crippen LogP contribution in [-0.4, -0.2) is 35.0 Å². The highest BCUT2D eigenvalue weighted by atomic mass is 32.2. The highest BCUT2D eigenvalue weighted by Gasteiger charge is 2.08. The molecule has 0 heterocycles. The number of carboxylic acids is 1. The fraction of sp³-hybridized carbons (Fsp3) is 0.750. The van der Waals surface area contributed by atoms with Crippen LogP contribution in [0.2, 0.25) is 0 Å². The summed E-state index contributed by atoms with van der Waals surface area (Å²) < 4.78 is 0. The van der Waals surface area contributed by atoms with Gasteiger partial charge in [0, 0.05) is 18.2 Å². The summed E-state index contributed by atoms with van der Waals surface area (Å²) in [6.07, 6.45) is 1.92. The average molecular weight is 205 g/mol. The van der Waals surface area contributed by atoms with Gasteiger partial charge in [0.25, 0.3) is 0 Å². The quantitative estimate of drug-likeness (QED) is 0.670. The molecule has 76 valence electrons. The Labute approximate surface area is 82.1 Å². The molecule has 0 radical (unpaired) electrons. The van der Waals surface area contributed by atoms with Crippen molar-refractivity contribution in [1.29, 1.82) is 0 Å².